The van der Waals surface area contributed by atoms with E-state index in [4.69, 9.17) is 14.2 Å². The maximum atomic E-state index is 12.2. The Kier molecular flexibility index (Phi) is 5.12. The van der Waals surface area contributed by atoms with Gasteiger partial charge in [0.2, 0.25) is 5.76 Å². The van der Waals surface area contributed by atoms with Gasteiger partial charge in [0.05, 0.1) is 18.5 Å². The number of pyridine rings is 1. The lowest BCUT2D eigenvalue weighted by Gasteiger charge is -2.31. The van der Waals surface area contributed by atoms with Crippen molar-refractivity contribution in [3.05, 3.63) is 53.5 Å². The van der Waals surface area contributed by atoms with Crippen LogP contribution in [-0.4, -0.2) is 47.2 Å². The number of nitrogens with zero attached hydrogens (tertiary/aromatic N) is 3. The Morgan fingerprint density at radius 1 is 1.27 bits per heavy atom. The molecular formula is C23H26N4O3. The van der Waals surface area contributed by atoms with E-state index in [0.717, 1.165) is 73.4 Å². The van der Waals surface area contributed by atoms with Crippen LogP contribution in [0.2, 0.25) is 0 Å². The first kappa shape index (κ1) is 19.1. The molecule has 3 heterocycles. The summed E-state index contributed by atoms with van der Waals surface area (Å²) in [5.74, 6) is 1.22. The molecule has 1 aromatic carbocycles. The fourth-order valence-corrected chi connectivity index (χ4v) is 4.16. The van der Waals surface area contributed by atoms with Gasteiger partial charge in [-0.1, -0.05) is 23.4 Å². The minimum Gasteiger partial charge on any atom is -0.494 e. The van der Waals surface area contributed by atoms with Crippen molar-refractivity contribution < 1.29 is 14.1 Å². The smallest absolute Gasteiger partial charge is 0.290 e. The van der Waals surface area contributed by atoms with Gasteiger partial charge in [-0.05, 0) is 44.4 Å². The molecule has 1 saturated carbocycles. The van der Waals surface area contributed by atoms with Crippen molar-refractivity contribution in [1.82, 2.24) is 20.4 Å². The lowest BCUT2D eigenvalue weighted by atomic mass is 9.94. The largest absolute Gasteiger partial charge is 0.494 e. The third kappa shape index (κ3) is 4.03. The van der Waals surface area contributed by atoms with Crippen LogP contribution in [0.3, 0.4) is 0 Å². The maximum absolute atomic E-state index is 12.2. The zero-order valence-corrected chi connectivity index (χ0v) is 17.1. The van der Waals surface area contributed by atoms with Gasteiger partial charge in [-0.25, -0.2) is 4.98 Å². The Balaban J connectivity index is 1.27. The number of piperidine rings is 1. The van der Waals surface area contributed by atoms with Gasteiger partial charge in [0.1, 0.15) is 11.3 Å². The fraction of sp³-hybridized carbons (Fsp3) is 0.435. The molecule has 3 aromatic rings. The van der Waals surface area contributed by atoms with Crippen molar-refractivity contribution in [2.75, 3.05) is 20.2 Å². The van der Waals surface area contributed by atoms with Crippen LogP contribution in [-0.2, 0) is 6.54 Å². The Bertz CT molecular complexity index is 1060. The summed E-state index contributed by atoms with van der Waals surface area (Å²) in [5.41, 5.74) is 2.79. The molecule has 2 aliphatic rings. The predicted molar refractivity (Wildman–Crippen MR) is 113 cm³/mol. The molecule has 1 N–H and O–H groups in total. The highest BCUT2D eigenvalue weighted by molar-refractivity contribution is 5.91. The Morgan fingerprint density at radius 2 is 2.17 bits per heavy atom. The SMILES string of the molecule is COc1cccc2ccc(CN3CCCC(c4cc(C(=O)NC5CC5)on4)C3)nc12. The van der Waals surface area contributed by atoms with Crippen LogP contribution in [0.5, 0.6) is 5.75 Å². The second-order valence-electron chi connectivity index (χ2n) is 8.27. The number of benzene rings is 1. The van der Waals surface area contributed by atoms with Gasteiger partial charge in [0.15, 0.2) is 0 Å². The van der Waals surface area contributed by atoms with Gasteiger partial charge < -0.3 is 14.6 Å². The molecule has 1 saturated heterocycles. The number of fused-ring (bicyclic) bond motifs is 1. The number of amides is 1. The fourth-order valence-electron chi connectivity index (χ4n) is 4.16. The van der Waals surface area contributed by atoms with Gasteiger partial charge in [-0.3, -0.25) is 9.69 Å². The lowest BCUT2D eigenvalue weighted by Crippen LogP contribution is -2.34. The summed E-state index contributed by atoms with van der Waals surface area (Å²) in [7, 11) is 1.68. The van der Waals surface area contributed by atoms with Gasteiger partial charge in [0, 0.05) is 36.5 Å². The molecule has 0 spiro atoms. The number of methoxy groups -OCH3 is 1. The molecule has 0 bridgehead atoms. The average molecular weight is 406 g/mol. The second kappa shape index (κ2) is 8.07. The molecule has 156 valence electrons. The van der Waals surface area contributed by atoms with E-state index in [1.54, 1.807) is 7.11 Å². The van der Waals surface area contributed by atoms with Crippen LogP contribution >= 0.6 is 0 Å². The van der Waals surface area contributed by atoms with E-state index in [-0.39, 0.29) is 11.8 Å². The molecule has 0 radical (unpaired) electrons. The van der Waals surface area contributed by atoms with Gasteiger partial charge in [-0.2, -0.15) is 0 Å². The minimum absolute atomic E-state index is 0.154. The zero-order valence-electron chi connectivity index (χ0n) is 17.1. The van der Waals surface area contributed by atoms with Crippen molar-refractivity contribution in [2.24, 2.45) is 0 Å². The Labute approximate surface area is 175 Å². The van der Waals surface area contributed by atoms with E-state index in [1.165, 1.54) is 0 Å². The summed E-state index contributed by atoms with van der Waals surface area (Å²) in [6.07, 6.45) is 4.24. The number of ether oxygens (including phenoxy) is 1. The number of carbonyl (C=O) groups excluding carboxylic acids is 1. The number of para-hydroxylation sites is 1. The molecule has 1 aliphatic carbocycles. The summed E-state index contributed by atoms with van der Waals surface area (Å²) >= 11 is 0. The normalized spacial score (nSPS) is 19.7. The highest BCUT2D eigenvalue weighted by Gasteiger charge is 2.28. The summed E-state index contributed by atoms with van der Waals surface area (Å²) in [5, 5.41) is 8.23. The van der Waals surface area contributed by atoms with Crippen LogP contribution in [0.1, 0.15) is 53.5 Å². The quantitative estimate of drug-likeness (QED) is 0.675. The summed E-state index contributed by atoms with van der Waals surface area (Å²) in [6, 6.07) is 12.3. The molecule has 2 aromatic heterocycles. The molecule has 1 unspecified atom stereocenters. The van der Waals surface area contributed by atoms with Crippen molar-refractivity contribution >= 4 is 16.8 Å². The third-order valence-electron chi connectivity index (χ3n) is 5.93. The van der Waals surface area contributed by atoms with E-state index in [0.29, 0.717) is 11.8 Å². The van der Waals surface area contributed by atoms with Crippen LogP contribution in [0.25, 0.3) is 10.9 Å². The van der Waals surface area contributed by atoms with Crippen LogP contribution < -0.4 is 10.1 Å². The number of hydrogen-bond donors (Lipinski definition) is 1. The number of aromatic nitrogens is 2. The van der Waals surface area contributed by atoms with Crippen LogP contribution in [0.15, 0.2) is 40.9 Å². The predicted octanol–water partition coefficient (Wildman–Crippen LogP) is 3.50. The number of likely N-dealkylation sites (tertiary alicyclic amines) is 1. The summed E-state index contributed by atoms with van der Waals surface area (Å²) in [6.45, 7) is 2.67. The van der Waals surface area contributed by atoms with Gasteiger partial charge in [0.25, 0.3) is 5.91 Å². The molecule has 2 fully saturated rings. The van der Waals surface area contributed by atoms with Crippen molar-refractivity contribution in [2.45, 2.75) is 44.2 Å². The zero-order chi connectivity index (χ0) is 20.5. The molecular weight excluding hydrogens is 380 g/mol. The molecule has 7 heteroatoms. The Hall–Kier alpha value is -2.93. The number of nitrogens with one attached hydrogen (secondary N) is 1. The molecule has 1 aliphatic heterocycles. The minimum atomic E-state index is -0.154. The van der Waals surface area contributed by atoms with Crippen molar-refractivity contribution in [1.29, 1.82) is 0 Å². The standard InChI is InChI=1S/C23H26N4O3/c1-29-20-6-2-4-15-7-8-18(24-22(15)20)14-27-11-3-5-16(13-27)19-12-21(30-26-19)23(28)25-17-9-10-17/h2,4,6-8,12,16-17H,3,5,9-11,13-14H2,1H3,(H,25,28). The molecule has 7 nitrogen and oxygen atoms in total. The van der Waals surface area contributed by atoms with Crippen LogP contribution in [0, 0.1) is 0 Å². The van der Waals surface area contributed by atoms with Gasteiger partial charge in [-0.15, -0.1) is 0 Å². The molecule has 5 rings (SSSR count). The number of carbonyl (C=O) groups is 1. The van der Waals surface area contributed by atoms with Crippen molar-refractivity contribution in [3.8, 4) is 5.75 Å². The lowest BCUT2D eigenvalue weighted by molar-refractivity contribution is 0.0913. The number of hydrogen-bond acceptors (Lipinski definition) is 6. The van der Waals surface area contributed by atoms with E-state index >= 15 is 0 Å². The van der Waals surface area contributed by atoms with E-state index in [1.807, 2.05) is 24.3 Å². The highest BCUT2D eigenvalue weighted by Crippen LogP contribution is 2.29. The molecule has 30 heavy (non-hydrogen) atoms. The highest BCUT2D eigenvalue weighted by atomic mass is 16.5. The van der Waals surface area contributed by atoms with Gasteiger partial charge >= 0.3 is 0 Å². The summed E-state index contributed by atoms with van der Waals surface area (Å²) < 4.78 is 10.8. The van der Waals surface area contributed by atoms with E-state index < -0.39 is 0 Å². The first-order valence-electron chi connectivity index (χ1n) is 10.6. The molecule has 1 atom stereocenters. The van der Waals surface area contributed by atoms with E-state index in [2.05, 4.69) is 27.5 Å². The second-order valence-corrected chi connectivity index (χ2v) is 8.27. The third-order valence-corrected chi connectivity index (χ3v) is 5.93. The molecule has 1 amide bonds. The monoisotopic (exact) mass is 406 g/mol. The average Bonchev–Trinajstić information content (AvgIpc) is 3.44. The summed E-state index contributed by atoms with van der Waals surface area (Å²) in [4.78, 5) is 19.4. The topological polar surface area (TPSA) is 80.5 Å². The van der Waals surface area contributed by atoms with Crippen molar-refractivity contribution in [3.63, 3.8) is 0 Å². The Morgan fingerprint density at radius 3 is 3.00 bits per heavy atom. The first-order chi connectivity index (χ1) is 14.7. The van der Waals surface area contributed by atoms with E-state index in [9.17, 15) is 4.79 Å². The maximum Gasteiger partial charge on any atom is 0.290 e. The first-order valence-corrected chi connectivity index (χ1v) is 10.6. The van der Waals surface area contributed by atoms with Crippen LogP contribution in [0.4, 0.5) is 0 Å². The number of rotatable bonds is 6.